The van der Waals surface area contributed by atoms with E-state index in [0.717, 1.165) is 17.7 Å². The maximum absolute atomic E-state index is 13.0. The Kier molecular flexibility index (Phi) is 7.76. The third-order valence-electron chi connectivity index (χ3n) is 5.52. The lowest BCUT2D eigenvalue weighted by Crippen LogP contribution is -2.37. The van der Waals surface area contributed by atoms with E-state index in [0.29, 0.717) is 56.1 Å². The van der Waals surface area contributed by atoms with Crippen LogP contribution in [0.25, 0.3) is 0 Å². The van der Waals surface area contributed by atoms with Crippen molar-refractivity contribution in [3.8, 4) is 17.2 Å². The first kappa shape index (κ1) is 22.5. The number of benzene rings is 2. The molecule has 0 N–H and O–H groups in total. The Hall–Kier alpha value is -3.22. The highest BCUT2D eigenvalue weighted by Gasteiger charge is 2.23. The Morgan fingerprint density at radius 1 is 0.774 bits per heavy atom. The number of carbonyl (C=O) groups excluding carboxylic acids is 2. The number of rotatable bonds is 7. The van der Waals surface area contributed by atoms with Crippen LogP contribution < -0.4 is 14.2 Å². The quantitative estimate of drug-likeness (QED) is 0.681. The summed E-state index contributed by atoms with van der Waals surface area (Å²) >= 11 is 0. The predicted octanol–water partition coefficient (Wildman–Crippen LogP) is 3.02. The number of nitrogens with zero attached hydrogens (tertiary/aromatic N) is 2. The summed E-state index contributed by atoms with van der Waals surface area (Å²) in [6.45, 7) is 2.31. The molecule has 1 aliphatic rings. The van der Waals surface area contributed by atoms with Crippen LogP contribution in [-0.2, 0) is 11.2 Å². The minimum atomic E-state index is -0.0790. The molecule has 0 aromatic heterocycles. The van der Waals surface area contributed by atoms with Crippen molar-refractivity contribution in [2.24, 2.45) is 0 Å². The van der Waals surface area contributed by atoms with Crippen molar-refractivity contribution in [2.75, 3.05) is 47.5 Å². The molecule has 7 heteroatoms. The third kappa shape index (κ3) is 5.90. The number of ether oxygens (including phenoxy) is 3. The molecule has 1 fully saturated rings. The molecular weight excluding hydrogens is 396 g/mol. The Morgan fingerprint density at radius 2 is 1.35 bits per heavy atom. The van der Waals surface area contributed by atoms with Gasteiger partial charge in [-0.1, -0.05) is 12.1 Å². The van der Waals surface area contributed by atoms with E-state index in [1.165, 1.54) is 0 Å². The van der Waals surface area contributed by atoms with Crippen LogP contribution in [0.2, 0.25) is 0 Å². The Morgan fingerprint density at radius 3 is 1.97 bits per heavy atom. The highest BCUT2D eigenvalue weighted by Crippen LogP contribution is 2.24. The second kappa shape index (κ2) is 10.7. The van der Waals surface area contributed by atoms with Gasteiger partial charge in [-0.25, -0.2) is 0 Å². The lowest BCUT2D eigenvalue weighted by molar-refractivity contribution is -0.131. The molecule has 0 unspecified atom stereocenters. The molecule has 0 bridgehead atoms. The van der Waals surface area contributed by atoms with Crippen LogP contribution in [0.5, 0.6) is 17.2 Å². The fourth-order valence-corrected chi connectivity index (χ4v) is 3.69. The van der Waals surface area contributed by atoms with Crippen molar-refractivity contribution in [2.45, 2.75) is 19.3 Å². The van der Waals surface area contributed by atoms with Gasteiger partial charge < -0.3 is 24.0 Å². The summed E-state index contributed by atoms with van der Waals surface area (Å²) in [5, 5.41) is 0. The van der Waals surface area contributed by atoms with Crippen molar-refractivity contribution >= 4 is 11.8 Å². The van der Waals surface area contributed by atoms with E-state index < -0.39 is 0 Å². The van der Waals surface area contributed by atoms with Crippen molar-refractivity contribution in [3.05, 3.63) is 53.6 Å². The van der Waals surface area contributed by atoms with Gasteiger partial charge in [0.05, 0.1) is 21.3 Å². The van der Waals surface area contributed by atoms with Gasteiger partial charge in [0.25, 0.3) is 5.91 Å². The van der Waals surface area contributed by atoms with Gasteiger partial charge in [-0.15, -0.1) is 0 Å². The molecule has 0 saturated carbocycles. The van der Waals surface area contributed by atoms with Crippen molar-refractivity contribution in [1.29, 1.82) is 0 Å². The molecule has 1 aliphatic heterocycles. The predicted molar refractivity (Wildman–Crippen MR) is 118 cm³/mol. The Bertz CT molecular complexity index is 875. The van der Waals surface area contributed by atoms with Crippen LogP contribution >= 0.6 is 0 Å². The van der Waals surface area contributed by atoms with Crippen LogP contribution in [0.15, 0.2) is 42.5 Å². The zero-order valence-corrected chi connectivity index (χ0v) is 18.4. The van der Waals surface area contributed by atoms with Crippen LogP contribution in [0.1, 0.15) is 28.8 Å². The molecule has 0 aliphatic carbocycles. The number of amides is 2. The standard InChI is InChI=1S/C24H30N2O5/c1-29-20-8-5-18(6-9-20)7-10-23(27)25-11-4-12-26(14-13-25)24(28)19-15-21(30-2)17-22(16-19)31-3/h5-6,8-9,15-17H,4,7,10-14H2,1-3H3. The molecule has 2 aromatic carbocycles. The summed E-state index contributed by atoms with van der Waals surface area (Å²) in [7, 11) is 4.76. The average Bonchev–Trinajstić information content (AvgIpc) is 3.08. The van der Waals surface area contributed by atoms with E-state index >= 15 is 0 Å². The molecule has 3 rings (SSSR count). The van der Waals surface area contributed by atoms with Crippen molar-refractivity contribution in [3.63, 3.8) is 0 Å². The van der Waals surface area contributed by atoms with Gasteiger partial charge in [-0.05, 0) is 42.7 Å². The summed E-state index contributed by atoms with van der Waals surface area (Å²) in [4.78, 5) is 29.4. The maximum Gasteiger partial charge on any atom is 0.254 e. The highest BCUT2D eigenvalue weighted by molar-refractivity contribution is 5.95. The zero-order valence-electron chi connectivity index (χ0n) is 18.4. The van der Waals surface area contributed by atoms with Crippen LogP contribution in [0, 0.1) is 0 Å². The normalized spacial score (nSPS) is 14.0. The molecule has 0 radical (unpaired) electrons. The summed E-state index contributed by atoms with van der Waals surface area (Å²) < 4.78 is 15.7. The minimum Gasteiger partial charge on any atom is -0.497 e. The summed E-state index contributed by atoms with van der Waals surface area (Å²) in [6, 6.07) is 12.9. The fourth-order valence-electron chi connectivity index (χ4n) is 3.69. The third-order valence-corrected chi connectivity index (χ3v) is 5.52. The monoisotopic (exact) mass is 426 g/mol. The molecule has 166 valence electrons. The topological polar surface area (TPSA) is 68.3 Å². The first-order valence-electron chi connectivity index (χ1n) is 10.5. The lowest BCUT2D eigenvalue weighted by Gasteiger charge is -2.22. The summed E-state index contributed by atoms with van der Waals surface area (Å²) in [6.07, 6.45) is 1.89. The molecule has 2 amide bonds. The van der Waals surface area contributed by atoms with Gasteiger partial charge >= 0.3 is 0 Å². The fraction of sp³-hybridized carbons (Fsp3) is 0.417. The Labute approximate surface area is 183 Å². The first-order valence-corrected chi connectivity index (χ1v) is 10.5. The molecular formula is C24H30N2O5. The van der Waals surface area contributed by atoms with E-state index in [2.05, 4.69) is 0 Å². The molecule has 7 nitrogen and oxygen atoms in total. The number of hydrogen-bond acceptors (Lipinski definition) is 5. The SMILES string of the molecule is COc1ccc(CCC(=O)N2CCCN(C(=O)c3cc(OC)cc(OC)c3)CC2)cc1. The number of aryl methyl sites for hydroxylation is 1. The van der Waals surface area contributed by atoms with E-state index in [9.17, 15) is 9.59 Å². The molecule has 0 atom stereocenters. The first-order chi connectivity index (χ1) is 15.0. The van der Waals surface area contributed by atoms with E-state index in [1.807, 2.05) is 29.2 Å². The van der Waals surface area contributed by atoms with Crippen molar-refractivity contribution < 1.29 is 23.8 Å². The minimum absolute atomic E-state index is 0.0790. The average molecular weight is 427 g/mol. The van der Waals surface area contributed by atoms with Gasteiger partial charge in [-0.2, -0.15) is 0 Å². The maximum atomic E-state index is 13.0. The summed E-state index contributed by atoms with van der Waals surface area (Å²) in [5.41, 5.74) is 1.63. The largest absolute Gasteiger partial charge is 0.497 e. The smallest absolute Gasteiger partial charge is 0.254 e. The van der Waals surface area contributed by atoms with Crippen molar-refractivity contribution in [1.82, 2.24) is 9.80 Å². The molecule has 1 saturated heterocycles. The van der Waals surface area contributed by atoms with Crippen LogP contribution in [-0.4, -0.2) is 69.1 Å². The van der Waals surface area contributed by atoms with E-state index in [1.54, 1.807) is 44.4 Å². The second-order valence-corrected chi connectivity index (χ2v) is 7.48. The zero-order chi connectivity index (χ0) is 22.2. The van der Waals surface area contributed by atoms with Gasteiger partial charge in [0.2, 0.25) is 5.91 Å². The summed E-state index contributed by atoms with van der Waals surface area (Å²) in [5.74, 6) is 2.00. The number of carbonyl (C=O) groups is 2. The molecule has 31 heavy (non-hydrogen) atoms. The number of hydrogen-bond donors (Lipinski definition) is 0. The van der Waals surface area contributed by atoms with E-state index in [-0.39, 0.29) is 11.8 Å². The van der Waals surface area contributed by atoms with Crippen LogP contribution in [0.4, 0.5) is 0 Å². The van der Waals surface area contributed by atoms with Gasteiger partial charge in [0, 0.05) is 44.2 Å². The highest BCUT2D eigenvalue weighted by atomic mass is 16.5. The van der Waals surface area contributed by atoms with Gasteiger partial charge in [0.1, 0.15) is 17.2 Å². The van der Waals surface area contributed by atoms with E-state index in [4.69, 9.17) is 14.2 Å². The Balaban J connectivity index is 1.56. The van der Waals surface area contributed by atoms with Crippen LogP contribution in [0.3, 0.4) is 0 Å². The molecule has 2 aromatic rings. The number of methoxy groups -OCH3 is 3. The van der Waals surface area contributed by atoms with Gasteiger partial charge in [-0.3, -0.25) is 9.59 Å². The molecule has 1 heterocycles. The second-order valence-electron chi connectivity index (χ2n) is 7.48. The lowest BCUT2D eigenvalue weighted by atomic mass is 10.1. The van der Waals surface area contributed by atoms with Gasteiger partial charge in [0.15, 0.2) is 0 Å². The molecule has 0 spiro atoms.